The predicted octanol–water partition coefficient (Wildman–Crippen LogP) is 2.86. The second-order valence-corrected chi connectivity index (χ2v) is 7.72. The number of benzene rings is 2. The van der Waals surface area contributed by atoms with Crippen LogP contribution in [0.15, 0.2) is 48.7 Å². The SMILES string of the molecule is COc1ccc2c(c1)C(=O)N(C[C@H](C)[C@@H](C#Cc1ccc3[nH]ccc3c1)NC(N)=O)C2. The van der Waals surface area contributed by atoms with Gasteiger partial charge in [-0.1, -0.05) is 24.8 Å². The molecule has 2 atom stereocenters. The Kier molecular flexibility index (Phi) is 5.54. The van der Waals surface area contributed by atoms with Gasteiger partial charge in [0.05, 0.1) is 13.2 Å². The quantitative estimate of drug-likeness (QED) is 0.558. The summed E-state index contributed by atoms with van der Waals surface area (Å²) in [5, 5.41) is 3.78. The molecule has 1 aliphatic rings. The van der Waals surface area contributed by atoms with E-state index in [1.165, 1.54) is 0 Å². The molecule has 2 heterocycles. The average molecular weight is 416 g/mol. The number of primary amides is 1. The van der Waals surface area contributed by atoms with Crippen LogP contribution in [0.25, 0.3) is 10.9 Å². The Morgan fingerprint density at radius 3 is 2.90 bits per heavy atom. The van der Waals surface area contributed by atoms with Crippen molar-refractivity contribution in [3.8, 4) is 17.6 Å². The molecule has 0 saturated heterocycles. The number of carbonyl (C=O) groups excluding carboxylic acids is 2. The van der Waals surface area contributed by atoms with Gasteiger partial charge in [-0.05, 0) is 42.0 Å². The van der Waals surface area contributed by atoms with Gasteiger partial charge >= 0.3 is 6.03 Å². The Bertz CT molecular complexity index is 1200. The number of hydrogen-bond donors (Lipinski definition) is 3. The van der Waals surface area contributed by atoms with Crippen molar-refractivity contribution in [1.29, 1.82) is 0 Å². The largest absolute Gasteiger partial charge is 0.497 e. The molecule has 31 heavy (non-hydrogen) atoms. The first-order chi connectivity index (χ1) is 14.9. The molecule has 0 aliphatic carbocycles. The van der Waals surface area contributed by atoms with Gasteiger partial charge in [0.2, 0.25) is 0 Å². The monoisotopic (exact) mass is 416 g/mol. The molecular formula is C24H24N4O3. The van der Waals surface area contributed by atoms with Gasteiger partial charge in [0.15, 0.2) is 0 Å². The molecule has 0 bridgehead atoms. The summed E-state index contributed by atoms with van der Waals surface area (Å²) in [5.74, 6) is 6.72. The molecule has 1 aliphatic heterocycles. The molecule has 1 aromatic heterocycles. The van der Waals surface area contributed by atoms with Crippen molar-refractivity contribution in [3.05, 3.63) is 65.4 Å². The Morgan fingerprint density at radius 2 is 2.13 bits per heavy atom. The molecule has 0 radical (unpaired) electrons. The highest BCUT2D eigenvalue weighted by Gasteiger charge is 2.30. The third-order valence-corrected chi connectivity index (χ3v) is 5.50. The van der Waals surface area contributed by atoms with Gasteiger partial charge in [-0.25, -0.2) is 4.79 Å². The minimum Gasteiger partial charge on any atom is -0.497 e. The Balaban J connectivity index is 1.50. The first-order valence-electron chi connectivity index (χ1n) is 10.1. The number of ether oxygens (including phenoxy) is 1. The summed E-state index contributed by atoms with van der Waals surface area (Å²) in [6.45, 7) is 2.90. The molecule has 0 fully saturated rings. The number of hydrogen-bond acceptors (Lipinski definition) is 3. The van der Waals surface area contributed by atoms with Crippen LogP contribution in [0.5, 0.6) is 5.75 Å². The molecule has 2 aromatic carbocycles. The lowest BCUT2D eigenvalue weighted by Gasteiger charge is -2.25. The Morgan fingerprint density at radius 1 is 1.29 bits per heavy atom. The first kappa shape index (κ1) is 20.4. The summed E-state index contributed by atoms with van der Waals surface area (Å²) < 4.78 is 5.23. The van der Waals surface area contributed by atoms with Gasteiger partial charge in [0.1, 0.15) is 5.75 Å². The third-order valence-electron chi connectivity index (χ3n) is 5.50. The van der Waals surface area contributed by atoms with Crippen LogP contribution in [-0.4, -0.2) is 41.5 Å². The van der Waals surface area contributed by atoms with E-state index in [-0.39, 0.29) is 11.8 Å². The summed E-state index contributed by atoms with van der Waals surface area (Å²) >= 11 is 0. The minimum atomic E-state index is -0.645. The average Bonchev–Trinajstić information content (AvgIpc) is 3.34. The number of aromatic nitrogens is 1. The summed E-state index contributed by atoms with van der Waals surface area (Å²) in [7, 11) is 1.58. The van der Waals surface area contributed by atoms with Gasteiger partial charge in [-0.15, -0.1) is 0 Å². The fourth-order valence-electron chi connectivity index (χ4n) is 3.83. The number of nitrogens with one attached hydrogen (secondary N) is 2. The maximum atomic E-state index is 12.8. The molecule has 0 saturated carbocycles. The van der Waals surface area contributed by atoms with E-state index in [1.54, 1.807) is 18.1 Å². The van der Waals surface area contributed by atoms with Crippen molar-refractivity contribution >= 4 is 22.8 Å². The highest BCUT2D eigenvalue weighted by molar-refractivity contribution is 5.98. The normalized spacial score (nSPS) is 14.5. The molecule has 7 heteroatoms. The summed E-state index contributed by atoms with van der Waals surface area (Å²) in [4.78, 5) is 29.3. The zero-order valence-electron chi connectivity index (χ0n) is 17.4. The van der Waals surface area contributed by atoms with Gasteiger partial charge in [0.25, 0.3) is 5.91 Å². The van der Waals surface area contributed by atoms with Crippen LogP contribution in [-0.2, 0) is 6.54 Å². The van der Waals surface area contributed by atoms with Crippen molar-refractivity contribution in [2.45, 2.75) is 19.5 Å². The van der Waals surface area contributed by atoms with Gasteiger partial charge in [0, 0.05) is 47.2 Å². The molecule has 3 aromatic rings. The first-order valence-corrected chi connectivity index (χ1v) is 10.1. The van der Waals surface area contributed by atoms with E-state index in [0.717, 1.165) is 22.0 Å². The summed E-state index contributed by atoms with van der Waals surface area (Å²) in [6, 6.07) is 12.2. The van der Waals surface area contributed by atoms with Crippen LogP contribution >= 0.6 is 0 Å². The topological polar surface area (TPSA) is 100 Å². The molecule has 158 valence electrons. The number of amides is 3. The van der Waals surface area contributed by atoms with Crippen molar-refractivity contribution in [3.63, 3.8) is 0 Å². The minimum absolute atomic E-state index is 0.0514. The van der Waals surface area contributed by atoms with Gasteiger partial charge < -0.3 is 25.7 Å². The number of H-pyrrole nitrogens is 1. The van der Waals surface area contributed by atoms with Crippen LogP contribution in [0, 0.1) is 17.8 Å². The highest BCUT2D eigenvalue weighted by atomic mass is 16.5. The van der Waals surface area contributed by atoms with Crippen LogP contribution < -0.4 is 15.8 Å². The van der Waals surface area contributed by atoms with Crippen molar-refractivity contribution < 1.29 is 14.3 Å². The van der Waals surface area contributed by atoms with Crippen molar-refractivity contribution in [1.82, 2.24) is 15.2 Å². The van der Waals surface area contributed by atoms with Gasteiger partial charge in [-0.2, -0.15) is 0 Å². The lowest BCUT2D eigenvalue weighted by Crippen LogP contribution is -2.45. The number of rotatable bonds is 5. The standard InChI is InChI=1S/C24H24N4O3/c1-15(13-28-14-18-5-6-19(31-2)12-20(18)23(28)29)21(27-24(25)30)7-3-16-4-8-22-17(11-16)9-10-26-22/h4-6,8-12,15,21,26H,13-14H2,1-2H3,(H3,25,27,30)/t15-,21+/m0/s1. The van der Waals surface area contributed by atoms with E-state index >= 15 is 0 Å². The van der Waals surface area contributed by atoms with E-state index in [9.17, 15) is 9.59 Å². The zero-order valence-corrected chi connectivity index (χ0v) is 17.4. The lowest BCUT2D eigenvalue weighted by atomic mass is 10.0. The lowest BCUT2D eigenvalue weighted by molar-refractivity contribution is 0.0751. The summed E-state index contributed by atoms with van der Waals surface area (Å²) in [6.07, 6.45) is 1.88. The molecule has 4 N–H and O–H groups in total. The van der Waals surface area contributed by atoms with Crippen LogP contribution in [0.4, 0.5) is 4.79 Å². The number of fused-ring (bicyclic) bond motifs is 2. The molecule has 0 unspecified atom stereocenters. The zero-order chi connectivity index (χ0) is 22.0. The van der Waals surface area contributed by atoms with E-state index in [2.05, 4.69) is 22.1 Å². The summed E-state index contributed by atoms with van der Waals surface area (Å²) in [5.41, 5.74) is 8.87. The molecular weight excluding hydrogens is 392 g/mol. The predicted molar refractivity (Wildman–Crippen MR) is 119 cm³/mol. The van der Waals surface area contributed by atoms with E-state index in [1.807, 2.05) is 49.5 Å². The Hall–Kier alpha value is -3.92. The number of methoxy groups -OCH3 is 1. The smallest absolute Gasteiger partial charge is 0.313 e. The van der Waals surface area contributed by atoms with Gasteiger partial charge in [-0.3, -0.25) is 4.79 Å². The molecule has 3 amide bonds. The van der Waals surface area contributed by atoms with E-state index in [4.69, 9.17) is 10.5 Å². The highest BCUT2D eigenvalue weighted by Crippen LogP contribution is 2.27. The number of urea groups is 1. The second kappa shape index (κ2) is 8.44. The maximum absolute atomic E-state index is 12.8. The van der Waals surface area contributed by atoms with Crippen molar-refractivity contribution in [2.24, 2.45) is 11.7 Å². The molecule has 0 spiro atoms. The van der Waals surface area contributed by atoms with Crippen LogP contribution in [0.2, 0.25) is 0 Å². The maximum Gasteiger partial charge on any atom is 0.313 e. The van der Waals surface area contributed by atoms with E-state index < -0.39 is 12.1 Å². The Labute approximate surface area is 180 Å². The third kappa shape index (κ3) is 4.33. The number of aromatic amines is 1. The fraction of sp³-hybridized carbons (Fsp3) is 0.250. The number of carbonyl (C=O) groups is 2. The van der Waals surface area contributed by atoms with Crippen LogP contribution in [0.3, 0.4) is 0 Å². The number of nitrogens with zero attached hydrogens (tertiary/aromatic N) is 1. The fourth-order valence-corrected chi connectivity index (χ4v) is 3.83. The molecule has 4 rings (SSSR count). The molecule has 7 nitrogen and oxygen atoms in total. The van der Waals surface area contributed by atoms with Crippen LogP contribution in [0.1, 0.15) is 28.4 Å². The van der Waals surface area contributed by atoms with E-state index in [0.29, 0.717) is 24.4 Å². The van der Waals surface area contributed by atoms with Crippen molar-refractivity contribution in [2.75, 3.05) is 13.7 Å². The number of nitrogens with two attached hydrogens (primary N) is 1. The second-order valence-electron chi connectivity index (χ2n) is 7.72.